The molecule has 0 aliphatic carbocycles. The summed E-state index contributed by atoms with van der Waals surface area (Å²) >= 11 is 0. The molecule has 0 N–H and O–H groups in total. The third-order valence-corrected chi connectivity index (χ3v) is 21.3. The van der Waals surface area contributed by atoms with Crippen LogP contribution in [0.15, 0.2) is 48.6 Å². The number of phosphoric acid groups is 1. The molecule has 0 aliphatic rings. The maximum atomic E-state index is 12.9. The minimum Gasteiger partial charge on any atom is -0.756 e. The number of hydrogen-bond donors (Lipinski definition) is 0. The fraction of sp³-hybridized carbons (Fsp3) is 0.889. The standard InChI is InChI=1S/C90H172NO8P/c1-6-8-10-12-14-16-18-20-22-24-26-28-30-32-34-36-38-40-42-43-44-45-46-47-49-51-53-55-57-59-61-63-65-67-69-71-73-75-77-79-81-83-90(93)99-88(87-98-100(94,95)97-85-84-91(3,4)5)86-96-89(92)82-80-78-76-74-72-70-68-66-64-62-60-58-56-54-52-50-48-41-39-37-35-33-31-29-27-25-23-21-19-17-15-13-11-9-7-2/h8,10,14,16,20,22,26,28,88H,6-7,9,11-13,15,17-19,21,23-25,27,29-87H2,1-5H3/b10-8-,16-14-,22-20-,28-26-. The molecule has 9 nitrogen and oxygen atoms in total. The zero-order valence-electron chi connectivity index (χ0n) is 67.7. The maximum absolute atomic E-state index is 12.9. The molecule has 0 fully saturated rings. The summed E-state index contributed by atoms with van der Waals surface area (Å²) in [5.74, 6) is -0.803. The van der Waals surface area contributed by atoms with Gasteiger partial charge in [0.05, 0.1) is 27.7 Å². The van der Waals surface area contributed by atoms with Crippen LogP contribution in [0.3, 0.4) is 0 Å². The highest BCUT2D eigenvalue weighted by molar-refractivity contribution is 7.45. The quantitative estimate of drug-likeness (QED) is 0.0195. The lowest BCUT2D eigenvalue weighted by Gasteiger charge is -2.28. The summed E-state index contributed by atoms with van der Waals surface area (Å²) in [6.07, 6.45) is 109. The van der Waals surface area contributed by atoms with Crippen molar-refractivity contribution in [3.8, 4) is 0 Å². The molecule has 0 rings (SSSR count). The van der Waals surface area contributed by atoms with Crippen molar-refractivity contribution in [1.29, 1.82) is 0 Å². The monoisotopic (exact) mass is 1430 g/mol. The van der Waals surface area contributed by atoms with Gasteiger partial charge in [-0.3, -0.25) is 14.2 Å². The summed E-state index contributed by atoms with van der Waals surface area (Å²) in [7, 11) is 1.20. The number of carbonyl (C=O) groups is 2. The van der Waals surface area contributed by atoms with E-state index in [4.69, 9.17) is 18.5 Å². The summed E-state index contributed by atoms with van der Waals surface area (Å²) in [4.78, 5) is 38.3. The number of ether oxygens (including phenoxy) is 2. The van der Waals surface area contributed by atoms with Crippen molar-refractivity contribution in [3.63, 3.8) is 0 Å². The molecule has 0 bridgehead atoms. The van der Waals surface area contributed by atoms with Crippen LogP contribution >= 0.6 is 7.82 Å². The van der Waals surface area contributed by atoms with Gasteiger partial charge in [-0.2, -0.15) is 0 Å². The van der Waals surface area contributed by atoms with Crippen molar-refractivity contribution >= 4 is 19.8 Å². The number of esters is 2. The molecule has 0 aromatic carbocycles. The predicted molar refractivity (Wildman–Crippen MR) is 434 cm³/mol. The van der Waals surface area contributed by atoms with E-state index in [0.717, 1.165) is 57.8 Å². The Kier molecular flexibility index (Phi) is 79.4. The van der Waals surface area contributed by atoms with Crippen LogP contribution < -0.4 is 4.89 Å². The molecule has 100 heavy (non-hydrogen) atoms. The summed E-state index contributed by atoms with van der Waals surface area (Å²) in [6.45, 7) is 4.22. The van der Waals surface area contributed by atoms with Gasteiger partial charge in [0.2, 0.25) is 0 Å². The topological polar surface area (TPSA) is 111 Å². The Morgan fingerprint density at radius 2 is 0.570 bits per heavy atom. The second-order valence-corrected chi connectivity index (χ2v) is 33.0. The van der Waals surface area contributed by atoms with E-state index in [2.05, 4.69) is 62.5 Å². The van der Waals surface area contributed by atoms with Gasteiger partial charge in [-0.25, -0.2) is 0 Å². The van der Waals surface area contributed by atoms with Crippen LogP contribution in [0.1, 0.15) is 463 Å². The number of allylic oxidation sites excluding steroid dienone is 8. The zero-order valence-corrected chi connectivity index (χ0v) is 68.6. The van der Waals surface area contributed by atoms with Gasteiger partial charge in [-0.1, -0.05) is 448 Å². The number of phosphoric ester groups is 1. The van der Waals surface area contributed by atoms with Crippen LogP contribution in [0.5, 0.6) is 0 Å². The van der Waals surface area contributed by atoms with Gasteiger partial charge >= 0.3 is 11.9 Å². The number of nitrogens with zero attached hydrogens (tertiary/aromatic N) is 1. The number of carbonyl (C=O) groups excluding carboxylic acids is 2. The van der Waals surface area contributed by atoms with Gasteiger partial charge in [0.15, 0.2) is 6.10 Å². The second-order valence-electron chi connectivity index (χ2n) is 31.6. The fourth-order valence-corrected chi connectivity index (χ4v) is 14.4. The van der Waals surface area contributed by atoms with Crippen molar-refractivity contribution in [1.82, 2.24) is 0 Å². The molecule has 0 saturated heterocycles. The van der Waals surface area contributed by atoms with Gasteiger partial charge in [-0.05, 0) is 51.4 Å². The minimum atomic E-state index is -4.64. The van der Waals surface area contributed by atoms with Crippen LogP contribution in [0.2, 0.25) is 0 Å². The first-order valence-electron chi connectivity index (χ1n) is 44.3. The minimum absolute atomic E-state index is 0.0266. The van der Waals surface area contributed by atoms with E-state index in [1.54, 1.807) is 0 Å². The van der Waals surface area contributed by atoms with Crippen LogP contribution in [0.4, 0.5) is 0 Å². The number of hydrogen-bond acceptors (Lipinski definition) is 8. The lowest BCUT2D eigenvalue weighted by Crippen LogP contribution is -2.37. The fourth-order valence-electron chi connectivity index (χ4n) is 13.7. The van der Waals surface area contributed by atoms with Crippen LogP contribution in [0, 0.1) is 0 Å². The molecule has 0 aromatic rings. The molecule has 2 atom stereocenters. The Bertz CT molecular complexity index is 1830. The van der Waals surface area contributed by atoms with Crippen LogP contribution in [0.25, 0.3) is 0 Å². The first kappa shape index (κ1) is 98.0. The number of unbranched alkanes of at least 4 members (excludes halogenated alkanes) is 62. The zero-order chi connectivity index (χ0) is 72.5. The first-order chi connectivity index (χ1) is 49.0. The molecule has 0 aliphatic heterocycles. The average Bonchev–Trinajstić information content (AvgIpc) is 1.30. The van der Waals surface area contributed by atoms with Crippen LogP contribution in [-0.2, 0) is 32.7 Å². The molecule has 2 unspecified atom stereocenters. The maximum Gasteiger partial charge on any atom is 0.306 e. The van der Waals surface area contributed by atoms with E-state index in [-0.39, 0.29) is 32.0 Å². The smallest absolute Gasteiger partial charge is 0.306 e. The van der Waals surface area contributed by atoms with E-state index in [9.17, 15) is 19.0 Å². The van der Waals surface area contributed by atoms with E-state index in [1.807, 2.05) is 21.1 Å². The molecule has 10 heteroatoms. The van der Waals surface area contributed by atoms with E-state index in [1.165, 1.54) is 372 Å². The lowest BCUT2D eigenvalue weighted by atomic mass is 10.0. The Balaban J connectivity index is 3.83. The normalized spacial score (nSPS) is 13.1. The van der Waals surface area contributed by atoms with Crippen molar-refractivity contribution in [2.75, 3.05) is 47.5 Å². The highest BCUT2D eigenvalue weighted by Crippen LogP contribution is 2.38. The van der Waals surface area contributed by atoms with E-state index >= 15 is 0 Å². The van der Waals surface area contributed by atoms with Gasteiger partial charge < -0.3 is 27.9 Å². The number of quaternary nitrogens is 1. The number of rotatable bonds is 84. The summed E-state index contributed by atoms with van der Waals surface area (Å²) in [5, 5.41) is 0. The third kappa shape index (κ3) is 84.9. The molecular formula is C90H172NO8P. The largest absolute Gasteiger partial charge is 0.756 e. The molecule has 0 saturated carbocycles. The average molecular weight is 1430 g/mol. The van der Waals surface area contributed by atoms with Gasteiger partial charge in [0, 0.05) is 12.8 Å². The van der Waals surface area contributed by atoms with Gasteiger partial charge in [0.1, 0.15) is 19.8 Å². The van der Waals surface area contributed by atoms with Crippen molar-refractivity contribution in [2.24, 2.45) is 0 Å². The Morgan fingerprint density at radius 1 is 0.320 bits per heavy atom. The van der Waals surface area contributed by atoms with Gasteiger partial charge in [0.25, 0.3) is 7.82 Å². The Hall–Kier alpha value is -2.03. The molecule has 0 spiro atoms. The molecule has 0 radical (unpaired) electrons. The summed E-state index contributed by atoms with van der Waals surface area (Å²) in [6, 6.07) is 0. The molecule has 590 valence electrons. The van der Waals surface area contributed by atoms with E-state index in [0.29, 0.717) is 17.4 Å². The molecule has 0 amide bonds. The first-order valence-corrected chi connectivity index (χ1v) is 45.8. The van der Waals surface area contributed by atoms with Crippen LogP contribution in [-0.4, -0.2) is 70.0 Å². The second kappa shape index (κ2) is 81.1. The van der Waals surface area contributed by atoms with E-state index < -0.39 is 26.5 Å². The summed E-state index contributed by atoms with van der Waals surface area (Å²) in [5.41, 5.74) is 0. The van der Waals surface area contributed by atoms with Gasteiger partial charge in [-0.15, -0.1) is 0 Å². The lowest BCUT2D eigenvalue weighted by molar-refractivity contribution is -0.870. The molecule has 0 heterocycles. The SMILES string of the molecule is CC/C=C\C/C=C\C/C=C\C/C=C\CCCCCCCCCCCCCCCCCCCCCCCCCCCCCCC(=O)OC(COC(=O)CCCCCCCCCCCCCCCCCCCCCCCCCCCCCCCCCCCCC)COP(=O)([O-])OCC[N+](C)(C)C. The van der Waals surface area contributed by atoms with Crippen molar-refractivity contribution in [3.05, 3.63) is 48.6 Å². The Labute approximate surface area is 624 Å². The molecular weight excluding hydrogens is 1250 g/mol. The van der Waals surface area contributed by atoms with Crippen molar-refractivity contribution in [2.45, 2.75) is 469 Å². The highest BCUT2D eigenvalue weighted by Gasteiger charge is 2.22. The summed E-state index contributed by atoms with van der Waals surface area (Å²) < 4.78 is 34.5. The molecule has 0 aromatic heterocycles. The number of likely N-dealkylation sites (N-methyl/N-ethyl adjacent to an activating group) is 1. The third-order valence-electron chi connectivity index (χ3n) is 20.4. The highest BCUT2D eigenvalue weighted by atomic mass is 31.2. The Morgan fingerprint density at radius 3 is 0.850 bits per heavy atom. The predicted octanol–water partition coefficient (Wildman–Crippen LogP) is 29.2. The van der Waals surface area contributed by atoms with Crippen molar-refractivity contribution < 1.29 is 42.1 Å².